The quantitative estimate of drug-likeness (QED) is 0.873. The molecule has 0 aliphatic carbocycles. The van der Waals surface area contributed by atoms with E-state index in [-0.39, 0.29) is 12.6 Å². The summed E-state index contributed by atoms with van der Waals surface area (Å²) in [5.41, 5.74) is 0.848. The highest BCUT2D eigenvalue weighted by atomic mass is 35.5. The standard InChI is InChI=1S/C17H19ClN4O3/c1-21-9-7-19-15(21)14(11-2-4-13(18)5-3-11)20-17(25)22-8-6-12(10-22)16(23)24/h2-5,7,9,12,14H,6,8,10H2,1H3,(H,20,25)(H,23,24). The van der Waals surface area contributed by atoms with Crippen molar-refractivity contribution in [2.75, 3.05) is 13.1 Å². The Bertz CT molecular complexity index is 774. The topological polar surface area (TPSA) is 87.5 Å². The molecule has 2 heterocycles. The van der Waals surface area contributed by atoms with E-state index in [1.165, 1.54) is 4.90 Å². The van der Waals surface area contributed by atoms with Gasteiger partial charge in [0.1, 0.15) is 11.9 Å². The van der Waals surface area contributed by atoms with Gasteiger partial charge < -0.3 is 19.9 Å². The summed E-state index contributed by atoms with van der Waals surface area (Å²) in [7, 11) is 1.85. The molecule has 3 rings (SSSR count). The SMILES string of the molecule is Cn1ccnc1C(NC(=O)N1CCC(C(=O)O)C1)c1ccc(Cl)cc1. The number of aliphatic carboxylic acids is 1. The van der Waals surface area contributed by atoms with Crippen molar-refractivity contribution >= 4 is 23.6 Å². The molecular weight excluding hydrogens is 344 g/mol. The molecule has 1 aromatic carbocycles. The van der Waals surface area contributed by atoms with Crippen LogP contribution in [0.2, 0.25) is 5.02 Å². The van der Waals surface area contributed by atoms with E-state index in [1.54, 1.807) is 24.5 Å². The summed E-state index contributed by atoms with van der Waals surface area (Å²) in [5, 5.41) is 12.7. The minimum atomic E-state index is -0.867. The average molecular weight is 363 g/mol. The maximum Gasteiger partial charge on any atom is 0.318 e. The zero-order chi connectivity index (χ0) is 18.0. The molecule has 1 aliphatic rings. The number of amides is 2. The molecule has 0 bridgehead atoms. The average Bonchev–Trinajstić information content (AvgIpc) is 3.23. The summed E-state index contributed by atoms with van der Waals surface area (Å²) in [6, 6.07) is 6.45. The first kappa shape index (κ1) is 17.3. The van der Waals surface area contributed by atoms with Crippen LogP contribution < -0.4 is 5.32 Å². The van der Waals surface area contributed by atoms with Crippen LogP contribution in [-0.4, -0.2) is 44.6 Å². The second-order valence-electron chi connectivity index (χ2n) is 6.10. The van der Waals surface area contributed by atoms with Crippen LogP contribution in [0.5, 0.6) is 0 Å². The molecule has 8 heteroatoms. The molecule has 2 atom stereocenters. The van der Waals surface area contributed by atoms with E-state index >= 15 is 0 Å². The number of nitrogens with one attached hydrogen (secondary N) is 1. The number of aryl methyl sites for hydroxylation is 1. The zero-order valence-electron chi connectivity index (χ0n) is 13.7. The summed E-state index contributed by atoms with van der Waals surface area (Å²) >= 11 is 5.96. The summed E-state index contributed by atoms with van der Waals surface area (Å²) in [6.45, 7) is 0.645. The molecule has 0 saturated carbocycles. The molecule has 2 unspecified atom stereocenters. The van der Waals surface area contributed by atoms with Gasteiger partial charge in [-0.25, -0.2) is 9.78 Å². The third-order valence-corrected chi connectivity index (χ3v) is 4.66. The Morgan fingerprint density at radius 3 is 2.64 bits per heavy atom. The van der Waals surface area contributed by atoms with E-state index in [1.807, 2.05) is 23.7 Å². The first-order valence-corrected chi connectivity index (χ1v) is 8.34. The number of urea groups is 1. The van der Waals surface area contributed by atoms with Crippen molar-refractivity contribution in [1.29, 1.82) is 0 Å². The number of likely N-dealkylation sites (tertiary alicyclic amines) is 1. The molecule has 2 N–H and O–H groups in total. The lowest BCUT2D eigenvalue weighted by atomic mass is 10.1. The number of aromatic nitrogens is 2. The number of hydrogen-bond acceptors (Lipinski definition) is 3. The highest BCUT2D eigenvalue weighted by Crippen LogP contribution is 2.24. The van der Waals surface area contributed by atoms with Gasteiger partial charge in [-0.05, 0) is 24.1 Å². The van der Waals surface area contributed by atoms with Crippen LogP contribution in [0.15, 0.2) is 36.7 Å². The van der Waals surface area contributed by atoms with Gasteiger partial charge in [-0.15, -0.1) is 0 Å². The van der Waals surface area contributed by atoms with Gasteiger partial charge in [0, 0.05) is 37.6 Å². The molecule has 2 amide bonds. The van der Waals surface area contributed by atoms with Gasteiger partial charge in [0.2, 0.25) is 0 Å². The number of benzene rings is 1. The van der Waals surface area contributed by atoms with E-state index in [0.29, 0.717) is 23.8 Å². The third-order valence-electron chi connectivity index (χ3n) is 4.41. The second-order valence-corrected chi connectivity index (χ2v) is 6.54. The number of carbonyl (C=O) groups excluding carboxylic acids is 1. The van der Waals surface area contributed by atoms with Gasteiger partial charge in [0.05, 0.1) is 5.92 Å². The predicted molar refractivity (Wildman–Crippen MR) is 92.4 cm³/mol. The predicted octanol–water partition coefficient (Wildman–Crippen LogP) is 2.28. The lowest BCUT2D eigenvalue weighted by Gasteiger charge is -2.23. The van der Waals surface area contributed by atoms with E-state index in [9.17, 15) is 9.59 Å². The molecule has 1 aliphatic heterocycles. The number of imidazole rings is 1. The van der Waals surface area contributed by atoms with Gasteiger partial charge >= 0.3 is 12.0 Å². The number of nitrogens with zero attached hydrogens (tertiary/aromatic N) is 3. The fourth-order valence-corrected chi connectivity index (χ4v) is 3.09. The molecule has 0 radical (unpaired) electrons. The maximum atomic E-state index is 12.6. The molecule has 132 valence electrons. The van der Waals surface area contributed by atoms with Crippen molar-refractivity contribution in [1.82, 2.24) is 19.8 Å². The molecule has 0 spiro atoms. The first-order valence-electron chi connectivity index (χ1n) is 7.96. The van der Waals surface area contributed by atoms with Crippen LogP contribution in [0.1, 0.15) is 23.9 Å². The van der Waals surface area contributed by atoms with Crippen LogP contribution in [0.3, 0.4) is 0 Å². The highest BCUT2D eigenvalue weighted by molar-refractivity contribution is 6.30. The largest absolute Gasteiger partial charge is 0.481 e. The van der Waals surface area contributed by atoms with Gasteiger partial charge in [0.25, 0.3) is 0 Å². The van der Waals surface area contributed by atoms with Gasteiger partial charge in [-0.3, -0.25) is 4.79 Å². The number of rotatable bonds is 4. The molecule has 1 fully saturated rings. The summed E-state index contributed by atoms with van der Waals surface area (Å²) in [4.78, 5) is 29.6. The summed E-state index contributed by atoms with van der Waals surface area (Å²) in [5.74, 6) is -0.689. The Hall–Kier alpha value is -2.54. The lowest BCUT2D eigenvalue weighted by Crippen LogP contribution is -2.41. The number of carbonyl (C=O) groups is 2. The Balaban J connectivity index is 1.81. The first-order chi connectivity index (χ1) is 12.0. The zero-order valence-corrected chi connectivity index (χ0v) is 14.5. The van der Waals surface area contributed by atoms with Gasteiger partial charge in [-0.2, -0.15) is 0 Å². The van der Waals surface area contributed by atoms with Crippen molar-refractivity contribution < 1.29 is 14.7 Å². The molecule has 1 aromatic heterocycles. The fraction of sp³-hybridized carbons (Fsp3) is 0.353. The Kier molecular flexibility index (Phi) is 4.94. The summed E-state index contributed by atoms with van der Waals surface area (Å²) < 4.78 is 1.84. The normalized spacial score (nSPS) is 18.2. The van der Waals surface area contributed by atoms with Crippen LogP contribution in [-0.2, 0) is 11.8 Å². The number of carboxylic acid groups (broad SMARTS) is 1. The summed E-state index contributed by atoms with van der Waals surface area (Å²) in [6.07, 6.45) is 3.94. The Morgan fingerprint density at radius 1 is 1.36 bits per heavy atom. The minimum Gasteiger partial charge on any atom is -0.481 e. The minimum absolute atomic E-state index is 0.217. The number of carboxylic acids is 1. The fourth-order valence-electron chi connectivity index (χ4n) is 2.97. The molecule has 7 nitrogen and oxygen atoms in total. The van der Waals surface area contributed by atoms with Crippen LogP contribution in [0.4, 0.5) is 4.79 Å². The smallest absolute Gasteiger partial charge is 0.318 e. The number of halogens is 1. The van der Waals surface area contributed by atoms with Crippen molar-refractivity contribution in [3.63, 3.8) is 0 Å². The maximum absolute atomic E-state index is 12.6. The van der Waals surface area contributed by atoms with Crippen molar-refractivity contribution in [3.8, 4) is 0 Å². The van der Waals surface area contributed by atoms with Crippen LogP contribution >= 0.6 is 11.6 Å². The van der Waals surface area contributed by atoms with E-state index < -0.39 is 17.9 Å². The van der Waals surface area contributed by atoms with Gasteiger partial charge in [0.15, 0.2) is 0 Å². The van der Waals surface area contributed by atoms with Crippen molar-refractivity contribution in [3.05, 3.63) is 53.1 Å². The molecular formula is C17H19ClN4O3. The monoisotopic (exact) mass is 362 g/mol. The lowest BCUT2D eigenvalue weighted by molar-refractivity contribution is -0.141. The Labute approximate surface area is 150 Å². The molecule has 25 heavy (non-hydrogen) atoms. The van der Waals surface area contributed by atoms with Gasteiger partial charge in [-0.1, -0.05) is 23.7 Å². The second kappa shape index (κ2) is 7.14. The highest BCUT2D eigenvalue weighted by Gasteiger charge is 2.32. The van der Waals surface area contributed by atoms with Crippen molar-refractivity contribution in [2.24, 2.45) is 13.0 Å². The Morgan fingerprint density at radius 2 is 2.08 bits per heavy atom. The third kappa shape index (κ3) is 3.76. The number of hydrogen-bond donors (Lipinski definition) is 2. The van der Waals surface area contributed by atoms with Crippen LogP contribution in [0, 0.1) is 5.92 Å². The van der Waals surface area contributed by atoms with E-state index in [0.717, 1.165) is 5.56 Å². The van der Waals surface area contributed by atoms with Crippen LogP contribution in [0.25, 0.3) is 0 Å². The van der Waals surface area contributed by atoms with Crippen molar-refractivity contribution in [2.45, 2.75) is 12.5 Å². The molecule has 1 saturated heterocycles. The van der Waals surface area contributed by atoms with E-state index in [4.69, 9.17) is 16.7 Å². The molecule has 2 aromatic rings. The van der Waals surface area contributed by atoms with E-state index in [2.05, 4.69) is 10.3 Å².